The molecule has 0 saturated carbocycles. The number of rotatable bonds is 4. The van der Waals surface area contributed by atoms with Gasteiger partial charge in [0, 0.05) is 11.5 Å². The van der Waals surface area contributed by atoms with Crippen LogP contribution in [0.4, 0.5) is 10.1 Å². The standard InChI is InChI=1S/C12H15FN2O3S2/c1-7(2)12(16)15(20(3,17)18)10-5-4-8(13)6-9(10)11(14)19/h4-7H,1-3H3,(H2,14,19). The second-order valence-corrected chi connectivity index (χ2v) is 6.82. The van der Waals surface area contributed by atoms with Gasteiger partial charge in [-0.3, -0.25) is 4.79 Å². The SMILES string of the molecule is CC(C)C(=O)N(c1ccc(F)cc1C(N)=S)S(C)(=O)=O. The molecule has 0 atom stereocenters. The Morgan fingerprint density at radius 1 is 1.40 bits per heavy atom. The van der Waals surface area contributed by atoms with Crippen molar-refractivity contribution in [3.63, 3.8) is 0 Å². The van der Waals surface area contributed by atoms with E-state index < -0.39 is 27.7 Å². The highest BCUT2D eigenvalue weighted by molar-refractivity contribution is 7.92. The highest BCUT2D eigenvalue weighted by Gasteiger charge is 2.29. The van der Waals surface area contributed by atoms with E-state index in [-0.39, 0.29) is 16.2 Å². The van der Waals surface area contributed by atoms with Crippen LogP contribution in [0.1, 0.15) is 19.4 Å². The molecule has 0 aliphatic heterocycles. The van der Waals surface area contributed by atoms with Crippen molar-refractivity contribution in [3.05, 3.63) is 29.6 Å². The zero-order chi connectivity index (χ0) is 15.7. The molecule has 0 aromatic heterocycles. The zero-order valence-corrected chi connectivity index (χ0v) is 12.9. The largest absolute Gasteiger partial charge is 0.389 e. The van der Waals surface area contributed by atoms with Gasteiger partial charge in [-0.25, -0.2) is 17.1 Å². The summed E-state index contributed by atoms with van der Waals surface area (Å²) < 4.78 is 37.6. The fraction of sp³-hybridized carbons (Fsp3) is 0.333. The van der Waals surface area contributed by atoms with Crippen molar-refractivity contribution in [3.8, 4) is 0 Å². The molecule has 0 bridgehead atoms. The predicted octanol–water partition coefficient (Wildman–Crippen LogP) is 1.41. The lowest BCUT2D eigenvalue weighted by Crippen LogP contribution is -2.40. The third-order valence-corrected chi connectivity index (χ3v) is 3.73. The summed E-state index contributed by atoms with van der Waals surface area (Å²) >= 11 is 4.78. The summed E-state index contributed by atoms with van der Waals surface area (Å²) in [4.78, 5) is 11.9. The Hall–Kier alpha value is -1.54. The van der Waals surface area contributed by atoms with Gasteiger partial charge in [-0.15, -0.1) is 0 Å². The second kappa shape index (κ2) is 5.84. The number of hydrogen-bond donors (Lipinski definition) is 1. The van der Waals surface area contributed by atoms with Crippen molar-refractivity contribution in [1.82, 2.24) is 0 Å². The van der Waals surface area contributed by atoms with Gasteiger partial charge in [0.15, 0.2) is 0 Å². The Bertz CT molecular complexity index is 657. The molecule has 1 amide bonds. The van der Waals surface area contributed by atoms with E-state index in [0.717, 1.165) is 18.4 Å². The van der Waals surface area contributed by atoms with Gasteiger partial charge in [-0.05, 0) is 18.2 Å². The third-order valence-electron chi connectivity index (χ3n) is 2.47. The highest BCUT2D eigenvalue weighted by atomic mass is 32.2. The number of amides is 1. The van der Waals surface area contributed by atoms with Crippen molar-refractivity contribution < 1.29 is 17.6 Å². The number of carbonyl (C=O) groups excluding carboxylic acids is 1. The van der Waals surface area contributed by atoms with Gasteiger partial charge in [0.25, 0.3) is 0 Å². The van der Waals surface area contributed by atoms with Crippen LogP contribution in [0, 0.1) is 11.7 Å². The molecule has 8 heteroatoms. The first-order chi connectivity index (χ1) is 9.05. The van der Waals surface area contributed by atoms with Crippen molar-refractivity contribution >= 4 is 38.8 Å². The Morgan fingerprint density at radius 2 is 1.95 bits per heavy atom. The molecule has 1 rings (SSSR count). The van der Waals surface area contributed by atoms with Gasteiger partial charge in [0.05, 0.1) is 11.9 Å². The lowest BCUT2D eigenvalue weighted by molar-refractivity contribution is -0.120. The Morgan fingerprint density at radius 3 is 2.35 bits per heavy atom. The molecule has 0 radical (unpaired) electrons. The molecule has 1 aromatic carbocycles. The predicted molar refractivity (Wildman–Crippen MR) is 79.5 cm³/mol. The van der Waals surface area contributed by atoms with E-state index in [1.807, 2.05) is 0 Å². The number of sulfonamides is 1. The number of anilines is 1. The quantitative estimate of drug-likeness (QED) is 0.849. The molecule has 110 valence electrons. The molecule has 20 heavy (non-hydrogen) atoms. The fourth-order valence-electron chi connectivity index (χ4n) is 1.58. The number of nitrogens with two attached hydrogens (primary N) is 1. The van der Waals surface area contributed by atoms with Crippen LogP contribution in [-0.4, -0.2) is 25.6 Å². The number of halogens is 1. The van der Waals surface area contributed by atoms with Gasteiger partial charge < -0.3 is 5.73 Å². The van der Waals surface area contributed by atoms with E-state index in [1.165, 1.54) is 6.07 Å². The molecule has 0 unspecified atom stereocenters. The maximum atomic E-state index is 13.3. The Labute approximate surface area is 122 Å². The average Bonchev–Trinajstić information content (AvgIpc) is 2.28. The van der Waals surface area contributed by atoms with E-state index in [2.05, 4.69) is 0 Å². The molecule has 0 saturated heterocycles. The summed E-state index contributed by atoms with van der Waals surface area (Å²) in [5.41, 5.74) is 5.43. The van der Waals surface area contributed by atoms with Crippen molar-refractivity contribution in [1.29, 1.82) is 0 Å². The minimum atomic E-state index is -3.88. The Balaban J connectivity index is 3.59. The summed E-state index contributed by atoms with van der Waals surface area (Å²) in [6.45, 7) is 3.12. The number of nitrogens with zero attached hydrogens (tertiary/aromatic N) is 1. The van der Waals surface area contributed by atoms with Crippen molar-refractivity contribution in [2.45, 2.75) is 13.8 Å². The summed E-state index contributed by atoms with van der Waals surface area (Å²) in [5, 5.41) is 0. The monoisotopic (exact) mass is 318 g/mol. The fourth-order valence-corrected chi connectivity index (χ4v) is 2.80. The van der Waals surface area contributed by atoms with Crippen LogP contribution in [0.3, 0.4) is 0 Å². The van der Waals surface area contributed by atoms with Crippen LogP contribution in [0.5, 0.6) is 0 Å². The van der Waals surface area contributed by atoms with Gasteiger partial charge in [0.1, 0.15) is 10.8 Å². The molecule has 1 aromatic rings. The van der Waals surface area contributed by atoms with E-state index >= 15 is 0 Å². The summed E-state index contributed by atoms with van der Waals surface area (Å²) in [5.74, 6) is -1.83. The van der Waals surface area contributed by atoms with Crippen LogP contribution < -0.4 is 10.0 Å². The number of benzene rings is 1. The smallest absolute Gasteiger partial charge is 0.243 e. The van der Waals surface area contributed by atoms with E-state index in [1.54, 1.807) is 13.8 Å². The second-order valence-electron chi connectivity index (χ2n) is 4.55. The van der Waals surface area contributed by atoms with Crippen LogP contribution in [0.25, 0.3) is 0 Å². The van der Waals surface area contributed by atoms with E-state index in [0.29, 0.717) is 4.31 Å². The number of carbonyl (C=O) groups is 1. The van der Waals surface area contributed by atoms with Crippen LogP contribution in [0.15, 0.2) is 18.2 Å². The van der Waals surface area contributed by atoms with Crippen LogP contribution in [0.2, 0.25) is 0 Å². The molecule has 0 spiro atoms. The topological polar surface area (TPSA) is 80.5 Å². The van der Waals surface area contributed by atoms with Crippen molar-refractivity contribution in [2.24, 2.45) is 11.7 Å². The average molecular weight is 318 g/mol. The molecule has 5 nitrogen and oxygen atoms in total. The van der Waals surface area contributed by atoms with E-state index in [9.17, 15) is 17.6 Å². The van der Waals surface area contributed by atoms with Crippen LogP contribution in [-0.2, 0) is 14.8 Å². The minimum absolute atomic E-state index is 0.000532. The molecule has 0 fully saturated rings. The maximum Gasteiger partial charge on any atom is 0.243 e. The first kappa shape index (κ1) is 16.5. The zero-order valence-electron chi connectivity index (χ0n) is 11.3. The molecule has 0 aliphatic rings. The molecule has 0 heterocycles. The van der Waals surface area contributed by atoms with Crippen molar-refractivity contribution in [2.75, 3.05) is 10.6 Å². The summed E-state index contributed by atoms with van der Waals surface area (Å²) in [6, 6.07) is 3.22. The first-order valence-corrected chi connectivity index (χ1v) is 7.95. The summed E-state index contributed by atoms with van der Waals surface area (Å²) in [6.07, 6.45) is 0.889. The van der Waals surface area contributed by atoms with Gasteiger partial charge in [0.2, 0.25) is 15.9 Å². The van der Waals surface area contributed by atoms with E-state index in [4.69, 9.17) is 18.0 Å². The summed E-state index contributed by atoms with van der Waals surface area (Å²) in [7, 11) is -3.88. The van der Waals surface area contributed by atoms with Gasteiger partial charge in [-0.2, -0.15) is 0 Å². The molecular weight excluding hydrogens is 303 g/mol. The highest BCUT2D eigenvalue weighted by Crippen LogP contribution is 2.26. The lowest BCUT2D eigenvalue weighted by atomic mass is 10.1. The number of hydrogen-bond acceptors (Lipinski definition) is 4. The Kier molecular flexibility index (Phi) is 4.82. The first-order valence-electron chi connectivity index (χ1n) is 5.69. The van der Waals surface area contributed by atoms with Gasteiger partial charge >= 0.3 is 0 Å². The molecular formula is C12H15FN2O3S2. The maximum absolute atomic E-state index is 13.3. The number of thiocarbonyl (C=S) groups is 1. The molecule has 2 N–H and O–H groups in total. The van der Waals surface area contributed by atoms with Crippen LogP contribution >= 0.6 is 12.2 Å². The third kappa shape index (κ3) is 3.51. The lowest BCUT2D eigenvalue weighted by Gasteiger charge is -2.24. The minimum Gasteiger partial charge on any atom is -0.389 e. The van der Waals surface area contributed by atoms with Gasteiger partial charge in [-0.1, -0.05) is 26.1 Å². The molecule has 0 aliphatic carbocycles. The normalized spacial score (nSPS) is 11.4.